The highest BCUT2D eigenvalue weighted by atomic mass is 16.4. The summed E-state index contributed by atoms with van der Waals surface area (Å²) in [5.74, 6) is -1.33. The molecule has 0 spiro atoms. The van der Waals surface area contributed by atoms with Gasteiger partial charge in [-0.15, -0.1) is 0 Å². The highest BCUT2D eigenvalue weighted by Gasteiger charge is 2.38. The smallest absolute Gasteiger partial charge is 0.309 e. The van der Waals surface area contributed by atoms with E-state index in [4.69, 9.17) is 0 Å². The molecule has 0 saturated carbocycles. The summed E-state index contributed by atoms with van der Waals surface area (Å²) >= 11 is 0. The lowest BCUT2D eigenvalue weighted by atomic mass is 9.72. The van der Waals surface area contributed by atoms with Crippen LogP contribution in [0.1, 0.15) is 124 Å². The zero-order valence-corrected chi connectivity index (χ0v) is 18.3. The molecule has 1 unspecified atom stereocenters. The van der Waals surface area contributed by atoms with Crippen molar-refractivity contribution >= 4 is 11.9 Å². The summed E-state index contributed by atoms with van der Waals surface area (Å²) in [5.41, 5.74) is -1.24. The Morgan fingerprint density at radius 3 is 1.07 bits per heavy atom. The quantitative estimate of drug-likeness (QED) is 0.248. The molecular formula is C23H44O4. The van der Waals surface area contributed by atoms with Gasteiger partial charge >= 0.3 is 11.9 Å². The molecule has 0 radical (unpaired) electrons. The van der Waals surface area contributed by atoms with Gasteiger partial charge in [0.1, 0.15) is 0 Å². The maximum Gasteiger partial charge on any atom is 0.309 e. The Balaban J connectivity index is 4.99. The van der Waals surface area contributed by atoms with Gasteiger partial charge in [-0.3, -0.25) is 9.59 Å². The first kappa shape index (κ1) is 25.9. The predicted octanol–water partition coefficient (Wildman–Crippen LogP) is 7.06. The third-order valence-corrected chi connectivity index (χ3v) is 6.22. The van der Waals surface area contributed by atoms with Crippen LogP contribution in [0.3, 0.4) is 0 Å². The van der Waals surface area contributed by atoms with E-state index in [1.807, 2.05) is 0 Å². The van der Waals surface area contributed by atoms with E-state index in [1.54, 1.807) is 0 Å². The molecular weight excluding hydrogens is 340 g/mol. The second-order valence-electron chi connectivity index (χ2n) is 8.44. The van der Waals surface area contributed by atoms with Crippen molar-refractivity contribution in [1.82, 2.24) is 0 Å². The number of hydrogen-bond acceptors (Lipinski definition) is 2. The molecule has 0 aromatic carbocycles. The second-order valence-corrected chi connectivity index (χ2v) is 8.44. The molecule has 0 aromatic rings. The maximum atomic E-state index is 12.1. The Labute approximate surface area is 167 Å². The number of rotatable bonds is 18. The van der Waals surface area contributed by atoms with Crippen LogP contribution < -0.4 is 0 Å². The number of hydrogen-bond donors (Lipinski definition) is 2. The molecule has 160 valence electrons. The monoisotopic (exact) mass is 384 g/mol. The van der Waals surface area contributed by atoms with E-state index in [1.165, 1.54) is 0 Å². The van der Waals surface area contributed by atoms with Gasteiger partial charge in [0, 0.05) is 0 Å². The SMILES string of the molecule is CCCCC(CCC)(CCCCC(CCCC)(CCCC)C(=O)O)C(=O)O. The average molecular weight is 385 g/mol. The van der Waals surface area contributed by atoms with Crippen LogP contribution in [-0.2, 0) is 9.59 Å². The maximum absolute atomic E-state index is 12.1. The topological polar surface area (TPSA) is 74.6 Å². The highest BCUT2D eigenvalue weighted by molar-refractivity contribution is 5.75. The average Bonchev–Trinajstić information content (AvgIpc) is 2.64. The Morgan fingerprint density at radius 2 is 0.815 bits per heavy atom. The van der Waals surface area contributed by atoms with E-state index < -0.39 is 22.8 Å². The Morgan fingerprint density at radius 1 is 0.519 bits per heavy atom. The summed E-state index contributed by atoms with van der Waals surface area (Å²) in [7, 11) is 0. The van der Waals surface area contributed by atoms with Crippen molar-refractivity contribution in [1.29, 1.82) is 0 Å². The minimum Gasteiger partial charge on any atom is -0.481 e. The van der Waals surface area contributed by atoms with Crippen LogP contribution in [0.5, 0.6) is 0 Å². The second kappa shape index (κ2) is 14.0. The fraction of sp³-hybridized carbons (Fsp3) is 0.913. The van der Waals surface area contributed by atoms with Crippen LogP contribution >= 0.6 is 0 Å². The first-order chi connectivity index (χ1) is 12.8. The lowest BCUT2D eigenvalue weighted by molar-refractivity contribution is -0.152. The minimum atomic E-state index is -0.667. The Kier molecular flexibility index (Phi) is 13.5. The molecule has 0 fully saturated rings. The van der Waals surface area contributed by atoms with Crippen molar-refractivity contribution < 1.29 is 19.8 Å². The molecule has 0 rings (SSSR count). The van der Waals surface area contributed by atoms with Crippen molar-refractivity contribution in [2.75, 3.05) is 0 Å². The summed E-state index contributed by atoms with van der Waals surface area (Å²) in [5, 5.41) is 19.8. The van der Waals surface area contributed by atoms with Crippen LogP contribution in [0.2, 0.25) is 0 Å². The third-order valence-electron chi connectivity index (χ3n) is 6.22. The molecule has 27 heavy (non-hydrogen) atoms. The largest absolute Gasteiger partial charge is 0.481 e. The molecule has 0 saturated heterocycles. The first-order valence-electron chi connectivity index (χ1n) is 11.3. The molecule has 0 bridgehead atoms. The van der Waals surface area contributed by atoms with E-state index >= 15 is 0 Å². The Bertz CT molecular complexity index is 411. The fourth-order valence-electron chi connectivity index (χ4n) is 4.34. The lowest BCUT2D eigenvalue weighted by Crippen LogP contribution is -2.33. The van der Waals surface area contributed by atoms with Crippen LogP contribution in [0.4, 0.5) is 0 Å². The van der Waals surface area contributed by atoms with Crippen LogP contribution in [-0.4, -0.2) is 22.2 Å². The highest BCUT2D eigenvalue weighted by Crippen LogP contribution is 2.40. The molecule has 0 aliphatic rings. The molecule has 0 aromatic heterocycles. The summed E-state index contributed by atoms with van der Waals surface area (Å²) in [6.07, 6.45) is 12.7. The van der Waals surface area contributed by atoms with E-state index in [9.17, 15) is 19.8 Å². The molecule has 0 aliphatic carbocycles. The van der Waals surface area contributed by atoms with Gasteiger partial charge in [0.2, 0.25) is 0 Å². The first-order valence-corrected chi connectivity index (χ1v) is 11.3. The fourth-order valence-corrected chi connectivity index (χ4v) is 4.34. The lowest BCUT2D eigenvalue weighted by Gasteiger charge is -2.32. The van der Waals surface area contributed by atoms with Crippen molar-refractivity contribution in [3.63, 3.8) is 0 Å². The molecule has 4 heteroatoms. The van der Waals surface area contributed by atoms with Crippen LogP contribution in [0.25, 0.3) is 0 Å². The van der Waals surface area contributed by atoms with Crippen molar-refractivity contribution in [2.24, 2.45) is 10.8 Å². The zero-order valence-electron chi connectivity index (χ0n) is 18.3. The number of carbonyl (C=O) groups is 2. The number of aliphatic carboxylic acids is 2. The molecule has 0 aliphatic heterocycles. The summed E-state index contributed by atoms with van der Waals surface area (Å²) < 4.78 is 0. The number of carboxylic acids is 2. The van der Waals surface area contributed by atoms with Gasteiger partial charge in [0.15, 0.2) is 0 Å². The number of unbranched alkanes of at least 4 members (excludes halogenated alkanes) is 4. The van der Waals surface area contributed by atoms with Gasteiger partial charge in [0.25, 0.3) is 0 Å². The van der Waals surface area contributed by atoms with Crippen LogP contribution in [0, 0.1) is 10.8 Å². The molecule has 0 amide bonds. The van der Waals surface area contributed by atoms with Gasteiger partial charge in [0.05, 0.1) is 10.8 Å². The molecule has 2 N–H and O–H groups in total. The van der Waals surface area contributed by atoms with Crippen molar-refractivity contribution in [3.05, 3.63) is 0 Å². The van der Waals surface area contributed by atoms with Gasteiger partial charge < -0.3 is 10.2 Å². The number of carboxylic acid groups (broad SMARTS) is 2. The van der Waals surface area contributed by atoms with Crippen molar-refractivity contribution in [3.8, 4) is 0 Å². The molecule has 0 heterocycles. The summed E-state index contributed by atoms with van der Waals surface area (Å²) in [6.45, 7) is 8.36. The summed E-state index contributed by atoms with van der Waals surface area (Å²) in [6, 6.07) is 0. The normalized spacial score (nSPS) is 14.1. The zero-order chi connectivity index (χ0) is 20.8. The van der Waals surface area contributed by atoms with Crippen molar-refractivity contribution in [2.45, 2.75) is 124 Å². The predicted molar refractivity (Wildman–Crippen MR) is 112 cm³/mol. The van der Waals surface area contributed by atoms with Gasteiger partial charge in [-0.1, -0.05) is 85.5 Å². The summed E-state index contributed by atoms with van der Waals surface area (Å²) in [4.78, 5) is 24.1. The van der Waals surface area contributed by atoms with Crippen LogP contribution in [0.15, 0.2) is 0 Å². The van der Waals surface area contributed by atoms with Gasteiger partial charge in [-0.25, -0.2) is 0 Å². The third kappa shape index (κ3) is 8.66. The van der Waals surface area contributed by atoms with E-state index in [0.29, 0.717) is 12.8 Å². The molecule has 4 nitrogen and oxygen atoms in total. The van der Waals surface area contributed by atoms with Gasteiger partial charge in [-0.2, -0.15) is 0 Å². The standard InChI is InChI=1S/C23H44O4/c1-5-9-15-22(14-8-4,20(24)25)18-12-13-19-23(21(26)27,16-10-6-2)17-11-7-3/h5-19H2,1-4H3,(H,24,25)(H,26,27). The van der Waals surface area contributed by atoms with E-state index in [2.05, 4.69) is 27.7 Å². The van der Waals surface area contributed by atoms with Gasteiger partial charge in [-0.05, 0) is 38.5 Å². The van der Waals surface area contributed by atoms with E-state index in [0.717, 1.165) is 83.5 Å². The Hall–Kier alpha value is -1.06. The van der Waals surface area contributed by atoms with E-state index in [-0.39, 0.29) is 0 Å². The molecule has 1 atom stereocenters. The minimum absolute atomic E-state index is 0.619.